The maximum atomic E-state index is 16.3. The van der Waals surface area contributed by atoms with Gasteiger partial charge in [-0.2, -0.15) is 0 Å². The highest BCUT2D eigenvalue weighted by molar-refractivity contribution is 6.32. The second kappa shape index (κ2) is 32.7. The lowest BCUT2D eigenvalue weighted by atomic mass is 9.78. The molecule has 7 amide bonds. The summed E-state index contributed by atoms with van der Waals surface area (Å²) in [6.45, 7) is 10.8. The minimum atomic E-state index is -2.30. The number of amides is 7. The predicted molar refractivity (Wildman–Crippen MR) is 380 cm³/mol. The first-order chi connectivity index (χ1) is 51.5. The van der Waals surface area contributed by atoms with Crippen LogP contribution in [-0.4, -0.2) is 205 Å². The number of nitrogens with one attached hydrogen (secondary N) is 7. The van der Waals surface area contributed by atoms with Crippen LogP contribution in [0.1, 0.15) is 132 Å². The van der Waals surface area contributed by atoms with Gasteiger partial charge in [-0.05, 0) is 128 Å². The molecule has 5 aromatic carbocycles. The van der Waals surface area contributed by atoms with Crippen LogP contribution < -0.4 is 62.9 Å². The minimum Gasteiger partial charge on any atom is -0.508 e. The summed E-state index contributed by atoms with van der Waals surface area (Å²) in [6.07, 6.45) is -20.8. The Morgan fingerprint density at radius 1 is 0.697 bits per heavy atom. The van der Waals surface area contributed by atoms with Crippen molar-refractivity contribution in [2.45, 2.75) is 202 Å². The van der Waals surface area contributed by atoms with Gasteiger partial charge in [-0.1, -0.05) is 63.6 Å². The van der Waals surface area contributed by atoms with Gasteiger partial charge in [0.05, 0.1) is 48.5 Å². The van der Waals surface area contributed by atoms with Gasteiger partial charge in [0.15, 0.2) is 30.2 Å². The number of aldehydes is 1. The normalized spacial score (nSPS) is 31.5. The Kier molecular flexibility index (Phi) is 24.2. The van der Waals surface area contributed by atoms with Gasteiger partial charge in [0.1, 0.15) is 102 Å². The molecule has 8 aliphatic rings. The molecule has 34 nitrogen and oxygen atoms in total. The lowest BCUT2D eigenvalue weighted by Gasteiger charge is -2.47. The van der Waals surface area contributed by atoms with E-state index < -0.39 is 228 Å². The van der Waals surface area contributed by atoms with Crippen LogP contribution in [0, 0.1) is 11.3 Å². The number of likely N-dealkylation sites (N-methyl/N-ethyl adjacent to an activating group) is 1. The number of hydrogen-bond acceptors (Lipinski definition) is 27. The van der Waals surface area contributed by atoms with Crippen LogP contribution in [-0.2, 0) is 62.0 Å². The number of aromatic hydroxyl groups is 3. The fourth-order valence-electron chi connectivity index (χ4n) is 14.3. The fraction of sp³-hybridized carbons (Fsp3) is 0.486. The first kappa shape index (κ1) is 80.6. The molecule has 11 bridgehead atoms. The van der Waals surface area contributed by atoms with Gasteiger partial charge in [-0.25, -0.2) is 0 Å². The van der Waals surface area contributed by atoms with Gasteiger partial charge in [0.2, 0.25) is 53.4 Å². The molecule has 0 spiro atoms. The zero-order valence-corrected chi connectivity index (χ0v) is 61.2. The molecule has 20 N–H and O–H groups in total. The summed E-state index contributed by atoms with van der Waals surface area (Å²) in [5.41, 5.74) is 8.32. The van der Waals surface area contributed by atoms with E-state index >= 15 is 19.2 Å². The van der Waals surface area contributed by atoms with E-state index in [1.54, 1.807) is 20.8 Å². The number of hydrogen-bond donors (Lipinski definition) is 18. The Bertz CT molecular complexity index is 4280. The average molecular weight is 1540 g/mol. The molecule has 109 heavy (non-hydrogen) atoms. The number of carbonyl (C=O) groups excluding carboxylic acids is 8. The Labute approximate surface area is 629 Å². The number of ether oxygens (including phenoxy) is 8. The number of fused-ring (bicyclic) bond motifs is 15. The number of benzene rings is 5. The van der Waals surface area contributed by atoms with E-state index in [9.17, 15) is 65.1 Å². The summed E-state index contributed by atoms with van der Waals surface area (Å²) in [4.78, 5) is 119. The Morgan fingerprint density at radius 2 is 1.33 bits per heavy atom. The van der Waals surface area contributed by atoms with Crippen molar-refractivity contribution in [1.29, 1.82) is 0 Å². The van der Waals surface area contributed by atoms with Crippen LogP contribution in [0.25, 0.3) is 11.1 Å². The van der Waals surface area contributed by atoms with E-state index in [2.05, 4.69) is 37.2 Å². The SMILES string of the molecule is CNC(CC(C)C)C(=O)NC1C(=O)NC(CC(N)=O)C(=O)NC2C(=O)NC3C(=O)NC(C(=O)NC(C=O)c4cc(O)cc(O)c4-c4cc3ccc4O)C(OC3CC(C)(N)C(O)C(C)O3)c3ccc(cc3)Oc3cc2cc(c3OC2OC(CO)C(O)C(O)C2OC2CC(C)(C)C(O)C(C)O2)Oc2ccc(cc2Cl)C1O. The highest BCUT2D eigenvalue weighted by atomic mass is 35.5. The van der Waals surface area contributed by atoms with Crippen molar-refractivity contribution in [2.75, 3.05) is 13.7 Å². The molecule has 3 fully saturated rings. The van der Waals surface area contributed by atoms with Gasteiger partial charge in [0, 0.05) is 35.6 Å². The first-order valence-electron chi connectivity index (χ1n) is 35.3. The number of phenols is 3. The van der Waals surface area contributed by atoms with Gasteiger partial charge in [-0.3, -0.25) is 33.6 Å². The first-order valence-corrected chi connectivity index (χ1v) is 35.7. The standard InChI is InChI=1S/C74H90ClN9O25/c1-29(2)17-41(78-8)66(96)83-56-58(91)34-12-16-46(40(75)19-34)105-48-21-35-20-47(62(48)109-72-63(60(93)59(92)49(28-86)106-72)108-51-25-73(5,6)64(94)30(3)102-51)104-37-13-9-32(10-14-37)61(107-52-26-74(7,77)65(95)31(4)103-52)57-71(101)80-43(27-85)38-22-36(87)23-45(89)53(38)39-18-33(11-15-44(39)88)54(68(98)84-57)82-69(99)55(35)81-67(97)42(24-50(76)90)79-70(56)100/h9-16,18-23,27,29-31,41-43,49,51-52,54-61,63-65,72,78,86-89,91-95H,17,24-26,28,77H2,1-8H3,(H2,76,90)(H,79,100)(H,80,101)(H,81,97)(H,82,99)(H,83,96)(H,84,98). The van der Waals surface area contributed by atoms with E-state index in [4.69, 9.17) is 61.0 Å². The van der Waals surface area contributed by atoms with Crippen LogP contribution in [0.3, 0.4) is 0 Å². The number of carbonyl (C=O) groups is 8. The molecule has 5 aromatic rings. The van der Waals surface area contributed by atoms with Crippen molar-refractivity contribution in [1.82, 2.24) is 37.2 Å². The van der Waals surface area contributed by atoms with Gasteiger partial charge in [0.25, 0.3) is 0 Å². The Balaban J connectivity index is 1.18. The number of nitrogens with two attached hydrogens (primary N) is 2. The third-order valence-corrected chi connectivity index (χ3v) is 20.5. The van der Waals surface area contributed by atoms with Crippen molar-refractivity contribution in [2.24, 2.45) is 22.8 Å². The summed E-state index contributed by atoms with van der Waals surface area (Å²) in [5, 5.41) is 121. The van der Waals surface area contributed by atoms with E-state index in [1.165, 1.54) is 63.4 Å². The monoisotopic (exact) mass is 1540 g/mol. The zero-order valence-electron chi connectivity index (χ0n) is 60.4. The number of aliphatic hydroxyl groups is 6. The molecule has 8 aliphatic heterocycles. The summed E-state index contributed by atoms with van der Waals surface area (Å²) in [5.74, 6) is -12.8. The topological polar surface area (TPSA) is 529 Å². The molecule has 588 valence electrons. The lowest BCUT2D eigenvalue weighted by Crippen LogP contribution is -2.62. The molecule has 8 heterocycles. The summed E-state index contributed by atoms with van der Waals surface area (Å²) in [7, 11) is 1.49. The molecular weight excluding hydrogens is 1450 g/mol. The van der Waals surface area contributed by atoms with E-state index in [0.29, 0.717) is 0 Å². The van der Waals surface area contributed by atoms with Crippen LogP contribution in [0.4, 0.5) is 0 Å². The molecule has 0 aliphatic carbocycles. The predicted octanol–water partition coefficient (Wildman–Crippen LogP) is 1.11. The number of aliphatic hydroxyl groups excluding tert-OH is 6. The van der Waals surface area contributed by atoms with Crippen molar-refractivity contribution >= 4 is 59.2 Å². The van der Waals surface area contributed by atoms with Crippen molar-refractivity contribution < 1.29 is 122 Å². The van der Waals surface area contributed by atoms with Gasteiger partial charge >= 0.3 is 0 Å². The zero-order chi connectivity index (χ0) is 79.2. The van der Waals surface area contributed by atoms with Crippen molar-refractivity contribution in [3.8, 4) is 57.1 Å². The smallest absolute Gasteiger partial charge is 0.248 e. The summed E-state index contributed by atoms with van der Waals surface area (Å²) in [6, 6.07) is 2.99. The van der Waals surface area contributed by atoms with Crippen LogP contribution in [0.2, 0.25) is 5.02 Å². The maximum Gasteiger partial charge on any atom is 0.248 e. The second-order valence-electron chi connectivity index (χ2n) is 29.5. The lowest BCUT2D eigenvalue weighted by molar-refractivity contribution is -0.337. The van der Waals surface area contributed by atoms with Crippen molar-refractivity contribution in [3.05, 3.63) is 118 Å². The molecule has 0 radical (unpaired) electrons. The van der Waals surface area contributed by atoms with E-state index in [-0.39, 0.29) is 81.4 Å². The third kappa shape index (κ3) is 17.3. The Morgan fingerprint density at radius 3 is 1.96 bits per heavy atom. The largest absolute Gasteiger partial charge is 0.508 e. The third-order valence-electron chi connectivity index (χ3n) is 20.2. The average Bonchev–Trinajstić information content (AvgIpc) is 0.766. The van der Waals surface area contributed by atoms with Crippen LogP contribution in [0.5, 0.6) is 46.0 Å². The molecule has 3 saturated heterocycles. The molecule has 13 rings (SSSR count). The second-order valence-corrected chi connectivity index (χ2v) is 29.9. The highest BCUT2D eigenvalue weighted by Gasteiger charge is 2.52. The number of rotatable bonds is 15. The minimum absolute atomic E-state index is 0.0102. The molecule has 21 atom stereocenters. The molecule has 35 heteroatoms. The van der Waals surface area contributed by atoms with Crippen LogP contribution in [0.15, 0.2) is 84.9 Å². The quantitative estimate of drug-likeness (QED) is 0.0653. The molecule has 0 aromatic heterocycles. The van der Waals surface area contributed by atoms with Gasteiger partial charge < -0.3 is 137 Å². The van der Waals surface area contributed by atoms with E-state index in [1.807, 2.05) is 13.8 Å². The van der Waals surface area contributed by atoms with E-state index in [0.717, 1.165) is 42.5 Å². The summed E-state index contributed by atoms with van der Waals surface area (Å²) < 4.78 is 52.0. The molecule has 21 unspecified atom stereocenters. The maximum absolute atomic E-state index is 16.3. The highest BCUT2D eigenvalue weighted by Crippen LogP contribution is 2.50. The fourth-order valence-corrected chi connectivity index (χ4v) is 14.6. The Hall–Kier alpha value is -9.37. The summed E-state index contributed by atoms with van der Waals surface area (Å²) >= 11 is 7.15. The number of phenolic OH excluding ortho intramolecular Hbond substituents is 3. The number of primary amides is 1. The van der Waals surface area contributed by atoms with Crippen molar-refractivity contribution in [3.63, 3.8) is 0 Å². The molecular formula is C74H90ClN9O25. The van der Waals surface area contributed by atoms with Gasteiger partial charge in [-0.15, -0.1) is 0 Å². The number of halogens is 1. The molecule has 0 saturated carbocycles. The van der Waals surface area contributed by atoms with Crippen LogP contribution >= 0.6 is 11.6 Å².